The predicted molar refractivity (Wildman–Crippen MR) is 109 cm³/mol. The molecule has 1 atom stereocenters. The van der Waals surface area contributed by atoms with Crippen molar-refractivity contribution in [2.45, 2.75) is 45.8 Å². The topological polar surface area (TPSA) is 58.1 Å². The molecule has 0 radical (unpaired) electrons. The average Bonchev–Trinajstić information content (AvgIpc) is 3.13. The van der Waals surface area contributed by atoms with E-state index in [4.69, 9.17) is 4.74 Å². The summed E-state index contributed by atoms with van der Waals surface area (Å²) in [6, 6.07) is 7.13. The number of guanidine groups is 1. The predicted octanol–water partition coefficient (Wildman–Crippen LogP) is 3.24. The van der Waals surface area contributed by atoms with Crippen molar-refractivity contribution < 1.29 is 18.3 Å². The van der Waals surface area contributed by atoms with Gasteiger partial charge in [0.2, 0.25) is 0 Å². The van der Waals surface area contributed by atoms with Gasteiger partial charge >= 0.3 is 6.61 Å². The number of anilines is 1. The number of rotatable bonds is 11. The summed E-state index contributed by atoms with van der Waals surface area (Å²) in [4.78, 5) is 6.70. The summed E-state index contributed by atoms with van der Waals surface area (Å²) in [7, 11) is 0. The van der Waals surface area contributed by atoms with Crippen LogP contribution >= 0.6 is 0 Å². The fourth-order valence-corrected chi connectivity index (χ4v) is 3.18. The molecule has 1 unspecified atom stereocenters. The normalized spacial score (nSPS) is 17.2. The average molecular weight is 398 g/mol. The van der Waals surface area contributed by atoms with Crippen molar-refractivity contribution in [2.24, 2.45) is 4.99 Å². The lowest BCUT2D eigenvalue weighted by Gasteiger charge is -2.22. The van der Waals surface area contributed by atoms with Crippen molar-refractivity contribution in [3.63, 3.8) is 0 Å². The smallest absolute Gasteiger partial charge is 0.387 e. The summed E-state index contributed by atoms with van der Waals surface area (Å²) in [6.07, 6.45) is 2.87. The van der Waals surface area contributed by atoms with Crippen molar-refractivity contribution in [1.29, 1.82) is 0 Å². The third-order valence-corrected chi connectivity index (χ3v) is 4.47. The molecule has 1 aliphatic heterocycles. The van der Waals surface area contributed by atoms with Gasteiger partial charge in [0, 0.05) is 45.4 Å². The van der Waals surface area contributed by atoms with Crippen molar-refractivity contribution in [2.75, 3.05) is 44.3 Å². The van der Waals surface area contributed by atoms with Crippen LogP contribution in [0.4, 0.5) is 14.5 Å². The molecule has 6 nitrogen and oxygen atoms in total. The zero-order valence-electron chi connectivity index (χ0n) is 16.8. The van der Waals surface area contributed by atoms with Gasteiger partial charge in [-0.05, 0) is 45.2 Å². The molecule has 8 heteroatoms. The van der Waals surface area contributed by atoms with Crippen molar-refractivity contribution >= 4 is 11.6 Å². The third kappa shape index (κ3) is 7.50. The standard InChI is InChI=1S/C20H32F2N4O2/c1-3-23-20(24-12-7-8-14-27-4-2)25-16-11-13-26(15-16)17-9-5-6-10-18(17)28-19(21)22/h5-6,9-10,16,19H,3-4,7-8,11-15H2,1-2H3,(H2,23,24,25). The molecule has 158 valence electrons. The summed E-state index contributed by atoms with van der Waals surface area (Å²) in [6.45, 7) is 5.72. The Kier molecular flexibility index (Phi) is 9.82. The number of hydrogen-bond acceptors (Lipinski definition) is 4. The van der Waals surface area contributed by atoms with Crippen LogP contribution in [-0.2, 0) is 4.74 Å². The molecule has 2 rings (SSSR count). The summed E-state index contributed by atoms with van der Waals surface area (Å²) in [5, 5.41) is 6.72. The van der Waals surface area contributed by atoms with E-state index in [0.717, 1.165) is 58.1 Å². The van der Waals surface area contributed by atoms with Crippen LogP contribution in [-0.4, -0.2) is 58.0 Å². The van der Waals surface area contributed by atoms with E-state index in [1.807, 2.05) is 26.0 Å². The second-order valence-electron chi connectivity index (χ2n) is 6.59. The molecule has 1 heterocycles. The lowest BCUT2D eigenvalue weighted by atomic mass is 10.2. The van der Waals surface area contributed by atoms with E-state index in [1.165, 1.54) is 0 Å². The number of ether oxygens (including phenoxy) is 2. The van der Waals surface area contributed by atoms with E-state index >= 15 is 0 Å². The summed E-state index contributed by atoms with van der Waals surface area (Å²) < 4.78 is 35.3. The lowest BCUT2D eigenvalue weighted by Crippen LogP contribution is -2.44. The fraction of sp³-hybridized carbons (Fsp3) is 0.650. The molecular weight excluding hydrogens is 366 g/mol. The Morgan fingerprint density at radius 1 is 1.29 bits per heavy atom. The fourth-order valence-electron chi connectivity index (χ4n) is 3.18. The molecule has 0 spiro atoms. The molecule has 28 heavy (non-hydrogen) atoms. The largest absolute Gasteiger partial charge is 0.433 e. The van der Waals surface area contributed by atoms with Crippen LogP contribution in [0.15, 0.2) is 29.3 Å². The summed E-state index contributed by atoms with van der Waals surface area (Å²) in [5.41, 5.74) is 0.699. The molecule has 1 aliphatic rings. The minimum Gasteiger partial charge on any atom is -0.433 e. The molecule has 1 aromatic rings. The molecule has 0 amide bonds. The second kappa shape index (κ2) is 12.4. The van der Waals surface area contributed by atoms with E-state index in [0.29, 0.717) is 12.2 Å². The Morgan fingerprint density at radius 3 is 2.86 bits per heavy atom. The van der Waals surface area contributed by atoms with E-state index in [9.17, 15) is 8.78 Å². The molecule has 1 aromatic carbocycles. The number of unbranched alkanes of at least 4 members (excludes halogenated alkanes) is 1. The number of halogens is 2. The van der Waals surface area contributed by atoms with Gasteiger partial charge in [0.25, 0.3) is 0 Å². The first-order valence-electron chi connectivity index (χ1n) is 10.0. The van der Waals surface area contributed by atoms with E-state index in [1.54, 1.807) is 12.1 Å². The van der Waals surface area contributed by atoms with E-state index in [2.05, 4.69) is 25.3 Å². The maximum Gasteiger partial charge on any atom is 0.387 e. The van der Waals surface area contributed by atoms with Gasteiger partial charge in [-0.2, -0.15) is 8.78 Å². The zero-order chi connectivity index (χ0) is 20.2. The Bertz CT molecular complexity index is 601. The number of nitrogens with one attached hydrogen (secondary N) is 2. The maximum atomic E-state index is 12.7. The van der Waals surface area contributed by atoms with Gasteiger partial charge in [0.05, 0.1) is 5.69 Å². The van der Waals surface area contributed by atoms with Gasteiger partial charge in [-0.3, -0.25) is 4.99 Å². The minimum absolute atomic E-state index is 0.195. The monoisotopic (exact) mass is 398 g/mol. The molecule has 0 aromatic heterocycles. The molecular formula is C20H32F2N4O2. The SMILES string of the molecule is CCNC(=NCCCCOCC)NC1CCN(c2ccccc2OC(F)F)C1. The first kappa shape index (κ1) is 22.2. The second-order valence-corrected chi connectivity index (χ2v) is 6.59. The van der Waals surface area contributed by atoms with Crippen LogP contribution in [0.1, 0.15) is 33.1 Å². The molecule has 1 saturated heterocycles. The zero-order valence-corrected chi connectivity index (χ0v) is 16.8. The molecule has 0 bridgehead atoms. The highest BCUT2D eigenvalue weighted by Gasteiger charge is 2.26. The van der Waals surface area contributed by atoms with Crippen molar-refractivity contribution in [1.82, 2.24) is 10.6 Å². The number of hydrogen-bond donors (Lipinski definition) is 2. The van der Waals surface area contributed by atoms with Crippen LogP contribution in [0.2, 0.25) is 0 Å². The number of benzene rings is 1. The highest BCUT2D eigenvalue weighted by Crippen LogP contribution is 2.31. The minimum atomic E-state index is -2.83. The maximum absolute atomic E-state index is 12.7. The van der Waals surface area contributed by atoms with Gasteiger partial charge in [-0.15, -0.1) is 0 Å². The third-order valence-electron chi connectivity index (χ3n) is 4.47. The number of nitrogens with zero attached hydrogens (tertiary/aromatic N) is 2. The Balaban J connectivity index is 1.87. The number of alkyl halides is 2. The summed E-state index contributed by atoms with van der Waals surface area (Å²) in [5.74, 6) is 1.01. The Labute approximate surface area is 166 Å². The van der Waals surface area contributed by atoms with Gasteiger partial charge in [0.1, 0.15) is 5.75 Å². The molecule has 1 fully saturated rings. The van der Waals surface area contributed by atoms with Crippen LogP contribution in [0.25, 0.3) is 0 Å². The molecule has 2 N–H and O–H groups in total. The van der Waals surface area contributed by atoms with E-state index in [-0.39, 0.29) is 11.8 Å². The quantitative estimate of drug-likeness (QED) is 0.340. The van der Waals surface area contributed by atoms with Gasteiger partial charge < -0.3 is 25.0 Å². The van der Waals surface area contributed by atoms with Gasteiger partial charge in [-0.1, -0.05) is 12.1 Å². The number of para-hydroxylation sites is 2. The highest BCUT2D eigenvalue weighted by molar-refractivity contribution is 5.80. The lowest BCUT2D eigenvalue weighted by molar-refractivity contribution is -0.0495. The first-order chi connectivity index (χ1) is 13.6. The van der Waals surface area contributed by atoms with Crippen molar-refractivity contribution in [3.8, 4) is 5.75 Å². The molecule has 0 aliphatic carbocycles. The Morgan fingerprint density at radius 2 is 2.11 bits per heavy atom. The Hall–Kier alpha value is -2.09. The van der Waals surface area contributed by atoms with Gasteiger partial charge in [-0.25, -0.2) is 0 Å². The van der Waals surface area contributed by atoms with Crippen LogP contribution in [0, 0.1) is 0 Å². The number of aliphatic imine (C=N–C) groups is 1. The molecule has 0 saturated carbocycles. The van der Waals surface area contributed by atoms with Crippen molar-refractivity contribution in [3.05, 3.63) is 24.3 Å². The van der Waals surface area contributed by atoms with Crippen LogP contribution in [0.5, 0.6) is 5.75 Å². The summed E-state index contributed by atoms with van der Waals surface area (Å²) >= 11 is 0. The van der Waals surface area contributed by atoms with Gasteiger partial charge in [0.15, 0.2) is 5.96 Å². The van der Waals surface area contributed by atoms with Crippen LogP contribution < -0.4 is 20.3 Å². The van der Waals surface area contributed by atoms with Crippen LogP contribution in [0.3, 0.4) is 0 Å². The van der Waals surface area contributed by atoms with E-state index < -0.39 is 6.61 Å². The highest BCUT2D eigenvalue weighted by atomic mass is 19.3. The first-order valence-corrected chi connectivity index (χ1v) is 10.0.